The molecule has 0 aliphatic carbocycles. The lowest BCUT2D eigenvalue weighted by Gasteiger charge is -2.22. The van der Waals surface area contributed by atoms with Crippen LogP contribution in [0.2, 0.25) is 0 Å². The van der Waals surface area contributed by atoms with Gasteiger partial charge in [-0.25, -0.2) is 4.68 Å². The maximum atomic E-state index is 5.71. The molecule has 2 rings (SSSR count). The van der Waals surface area contributed by atoms with E-state index in [0.29, 0.717) is 0 Å². The molecule has 1 unspecified atom stereocenters. The van der Waals surface area contributed by atoms with Crippen molar-refractivity contribution in [2.24, 2.45) is 0 Å². The van der Waals surface area contributed by atoms with Gasteiger partial charge in [0, 0.05) is 6.61 Å². The molecule has 1 aliphatic heterocycles. The van der Waals surface area contributed by atoms with Crippen LogP contribution in [0, 0.1) is 6.92 Å². The van der Waals surface area contributed by atoms with Crippen LogP contribution in [0.3, 0.4) is 0 Å². The molecule has 13 heavy (non-hydrogen) atoms. The Kier molecular flexibility index (Phi) is 2.22. The summed E-state index contributed by atoms with van der Waals surface area (Å²) < 4.78 is 7.41. The lowest BCUT2D eigenvalue weighted by Crippen LogP contribution is -2.18. The first kappa shape index (κ1) is 8.56. The molecule has 0 aromatic carbocycles. The summed E-state index contributed by atoms with van der Waals surface area (Å²) in [5.41, 5.74) is 7.34. The average Bonchev–Trinajstić information content (AvgIpc) is 2.49. The molecule has 0 saturated carbocycles. The molecule has 1 atom stereocenters. The van der Waals surface area contributed by atoms with Crippen molar-refractivity contribution in [1.82, 2.24) is 9.78 Å². The molecule has 4 heteroatoms. The highest BCUT2D eigenvalue weighted by Gasteiger charge is 2.16. The third-order valence-corrected chi connectivity index (χ3v) is 2.41. The number of nitrogens with zero attached hydrogens (tertiary/aromatic N) is 2. The van der Waals surface area contributed by atoms with Crippen LogP contribution in [-0.2, 0) is 4.74 Å². The van der Waals surface area contributed by atoms with E-state index < -0.39 is 0 Å². The number of rotatable bonds is 1. The summed E-state index contributed by atoms with van der Waals surface area (Å²) in [7, 11) is 0. The van der Waals surface area contributed by atoms with Gasteiger partial charge in [0.25, 0.3) is 0 Å². The fourth-order valence-corrected chi connectivity index (χ4v) is 1.58. The van der Waals surface area contributed by atoms with Crippen molar-refractivity contribution in [3.05, 3.63) is 11.9 Å². The Hall–Kier alpha value is -1.03. The maximum absolute atomic E-state index is 5.71. The second-order valence-electron chi connectivity index (χ2n) is 3.47. The molecular formula is C9H15N3O. The van der Waals surface area contributed by atoms with Crippen LogP contribution in [0.4, 0.5) is 5.69 Å². The van der Waals surface area contributed by atoms with Gasteiger partial charge in [0.1, 0.15) is 6.23 Å². The smallest absolute Gasteiger partial charge is 0.150 e. The van der Waals surface area contributed by atoms with Crippen molar-refractivity contribution < 1.29 is 4.74 Å². The SMILES string of the molecule is Cc1nn(C2CCCCO2)cc1N. The Morgan fingerprint density at radius 3 is 3.00 bits per heavy atom. The zero-order valence-electron chi connectivity index (χ0n) is 7.86. The standard InChI is InChI=1S/C9H15N3O/c1-7-8(10)6-12(11-7)9-4-2-3-5-13-9/h6,9H,2-5,10H2,1H3. The van der Waals surface area contributed by atoms with Crippen LogP contribution in [0.1, 0.15) is 31.2 Å². The molecule has 1 saturated heterocycles. The van der Waals surface area contributed by atoms with Gasteiger partial charge >= 0.3 is 0 Å². The average molecular weight is 181 g/mol. The van der Waals surface area contributed by atoms with Gasteiger partial charge in [-0.1, -0.05) is 0 Å². The van der Waals surface area contributed by atoms with E-state index in [1.165, 1.54) is 6.42 Å². The number of nitrogen functional groups attached to an aromatic ring is 1. The second-order valence-corrected chi connectivity index (χ2v) is 3.47. The van der Waals surface area contributed by atoms with Crippen molar-refractivity contribution in [3.8, 4) is 0 Å². The summed E-state index contributed by atoms with van der Waals surface area (Å²) in [6, 6.07) is 0. The van der Waals surface area contributed by atoms with Gasteiger partial charge in [0.05, 0.1) is 17.6 Å². The van der Waals surface area contributed by atoms with E-state index in [1.54, 1.807) is 0 Å². The molecule has 1 aromatic rings. The van der Waals surface area contributed by atoms with E-state index in [-0.39, 0.29) is 6.23 Å². The number of ether oxygens (including phenoxy) is 1. The van der Waals surface area contributed by atoms with E-state index in [2.05, 4.69) is 5.10 Å². The Morgan fingerprint density at radius 2 is 2.46 bits per heavy atom. The van der Waals surface area contributed by atoms with Gasteiger partial charge in [-0.2, -0.15) is 5.10 Å². The zero-order valence-corrected chi connectivity index (χ0v) is 7.86. The summed E-state index contributed by atoms with van der Waals surface area (Å²) in [6.45, 7) is 2.75. The van der Waals surface area contributed by atoms with Crippen LogP contribution in [0.25, 0.3) is 0 Å². The van der Waals surface area contributed by atoms with Crippen LogP contribution in [0.15, 0.2) is 6.20 Å². The summed E-state index contributed by atoms with van der Waals surface area (Å²) >= 11 is 0. The van der Waals surface area contributed by atoms with Crippen molar-refractivity contribution in [2.45, 2.75) is 32.4 Å². The van der Waals surface area contributed by atoms with Gasteiger partial charge in [-0.3, -0.25) is 0 Å². The number of nitrogens with two attached hydrogens (primary N) is 1. The highest BCUT2D eigenvalue weighted by molar-refractivity contribution is 5.39. The fraction of sp³-hybridized carbons (Fsp3) is 0.667. The van der Waals surface area contributed by atoms with Crippen molar-refractivity contribution >= 4 is 5.69 Å². The second kappa shape index (κ2) is 3.38. The predicted molar refractivity (Wildman–Crippen MR) is 50.2 cm³/mol. The number of aryl methyl sites for hydroxylation is 1. The monoisotopic (exact) mass is 181 g/mol. The predicted octanol–water partition coefficient (Wildman–Crippen LogP) is 1.47. The maximum Gasteiger partial charge on any atom is 0.150 e. The first-order valence-corrected chi connectivity index (χ1v) is 4.70. The minimum absolute atomic E-state index is 0.102. The van der Waals surface area contributed by atoms with Crippen LogP contribution in [0.5, 0.6) is 0 Å². The minimum Gasteiger partial charge on any atom is -0.396 e. The molecule has 2 N–H and O–H groups in total. The summed E-state index contributed by atoms with van der Waals surface area (Å²) in [5.74, 6) is 0. The first-order chi connectivity index (χ1) is 6.27. The fourth-order valence-electron chi connectivity index (χ4n) is 1.58. The summed E-state index contributed by atoms with van der Waals surface area (Å²) in [6.07, 6.45) is 5.37. The lowest BCUT2D eigenvalue weighted by molar-refractivity contribution is -0.0395. The van der Waals surface area contributed by atoms with Gasteiger partial charge in [-0.05, 0) is 26.2 Å². The molecule has 2 heterocycles. The summed E-state index contributed by atoms with van der Waals surface area (Å²) in [5, 5.41) is 4.30. The third kappa shape index (κ3) is 1.67. The van der Waals surface area contributed by atoms with E-state index in [1.807, 2.05) is 17.8 Å². The molecular weight excluding hydrogens is 166 g/mol. The Balaban J connectivity index is 2.14. The number of anilines is 1. The molecule has 0 bridgehead atoms. The van der Waals surface area contributed by atoms with Crippen molar-refractivity contribution in [2.75, 3.05) is 12.3 Å². The minimum atomic E-state index is 0.102. The van der Waals surface area contributed by atoms with E-state index in [0.717, 1.165) is 30.8 Å². The molecule has 1 aliphatic rings. The topological polar surface area (TPSA) is 53.1 Å². The molecule has 0 spiro atoms. The van der Waals surface area contributed by atoms with Crippen molar-refractivity contribution in [3.63, 3.8) is 0 Å². The normalized spacial score (nSPS) is 23.3. The third-order valence-electron chi connectivity index (χ3n) is 2.41. The van der Waals surface area contributed by atoms with Crippen LogP contribution in [-0.4, -0.2) is 16.4 Å². The van der Waals surface area contributed by atoms with Gasteiger partial charge < -0.3 is 10.5 Å². The first-order valence-electron chi connectivity index (χ1n) is 4.70. The van der Waals surface area contributed by atoms with Gasteiger partial charge in [-0.15, -0.1) is 0 Å². The summed E-state index contributed by atoms with van der Waals surface area (Å²) in [4.78, 5) is 0. The lowest BCUT2D eigenvalue weighted by atomic mass is 10.2. The molecule has 0 amide bonds. The zero-order chi connectivity index (χ0) is 9.26. The quantitative estimate of drug-likeness (QED) is 0.713. The number of aromatic nitrogens is 2. The molecule has 72 valence electrons. The Morgan fingerprint density at radius 1 is 1.62 bits per heavy atom. The van der Waals surface area contributed by atoms with Crippen LogP contribution < -0.4 is 5.73 Å². The number of hydrogen-bond acceptors (Lipinski definition) is 3. The molecule has 4 nitrogen and oxygen atoms in total. The molecule has 1 aromatic heterocycles. The molecule has 0 radical (unpaired) electrons. The van der Waals surface area contributed by atoms with Gasteiger partial charge in [0.2, 0.25) is 0 Å². The largest absolute Gasteiger partial charge is 0.396 e. The molecule has 1 fully saturated rings. The highest BCUT2D eigenvalue weighted by Crippen LogP contribution is 2.23. The van der Waals surface area contributed by atoms with Gasteiger partial charge in [0.15, 0.2) is 0 Å². The highest BCUT2D eigenvalue weighted by atomic mass is 16.5. The number of hydrogen-bond donors (Lipinski definition) is 1. The van der Waals surface area contributed by atoms with Crippen molar-refractivity contribution in [1.29, 1.82) is 0 Å². The van der Waals surface area contributed by atoms with E-state index in [4.69, 9.17) is 10.5 Å². The van der Waals surface area contributed by atoms with E-state index >= 15 is 0 Å². The Labute approximate surface area is 77.7 Å². The van der Waals surface area contributed by atoms with Crippen LogP contribution >= 0.6 is 0 Å². The Bertz CT molecular complexity index is 270. The van der Waals surface area contributed by atoms with E-state index in [9.17, 15) is 0 Å².